The molecule has 0 amide bonds. The summed E-state index contributed by atoms with van der Waals surface area (Å²) in [4.78, 5) is 12.5. The highest BCUT2D eigenvalue weighted by Crippen LogP contribution is 2.50. The van der Waals surface area contributed by atoms with Crippen LogP contribution in [0, 0.1) is 5.92 Å². The van der Waals surface area contributed by atoms with Gasteiger partial charge in [0.05, 0.1) is 6.42 Å². The summed E-state index contributed by atoms with van der Waals surface area (Å²) in [5, 5.41) is 0. The predicted molar refractivity (Wildman–Crippen MR) is 91.2 cm³/mol. The summed E-state index contributed by atoms with van der Waals surface area (Å²) in [6.45, 7) is 0.238. The molecule has 0 saturated heterocycles. The zero-order valence-electron chi connectivity index (χ0n) is 13.1. The molecule has 0 aliphatic heterocycles. The quantitative estimate of drug-likeness (QED) is 0.399. The molecule has 24 heavy (non-hydrogen) atoms. The van der Waals surface area contributed by atoms with Crippen molar-refractivity contribution in [1.29, 1.82) is 0 Å². The molecule has 5 heteroatoms. The third-order valence-corrected chi connectivity index (χ3v) is 4.92. The second-order valence-corrected chi connectivity index (χ2v) is 6.99. The van der Waals surface area contributed by atoms with Gasteiger partial charge in [-0.25, -0.2) is 8.78 Å². The van der Waals surface area contributed by atoms with Crippen molar-refractivity contribution in [3.8, 4) is 11.1 Å². The van der Waals surface area contributed by atoms with Gasteiger partial charge in [-0.1, -0.05) is 42.5 Å². The molecule has 126 valence electrons. The van der Waals surface area contributed by atoms with Crippen LogP contribution >= 0.6 is 11.8 Å². The minimum atomic E-state index is -2.66. The maximum Gasteiger partial charge on any atom is 0.306 e. The molecule has 0 radical (unpaired) electrons. The van der Waals surface area contributed by atoms with Crippen LogP contribution in [-0.2, 0) is 9.53 Å². The lowest BCUT2D eigenvalue weighted by Crippen LogP contribution is -2.10. The van der Waals surface area contributed by atoms with E-state index >= 15 is 0 Å². The van der Waals surface area contributed by atoms with Gasteiger partial charge in [0.25, 0.3) is 5.92 Å². The largest absolute Gasteiger partial charge is 0.465 e. The molecule has 3 rings (SSSR count). The number of rotatable bonds is 7. The molecule has 2 nitrogen and oxygen atoms in total. The van der Waals surface area contributed by atoms with E-state index in [1.54, 1.807) is 11.8 Å². The molecule has 0 spiro atoms. The van der Waals surface area contributed by atoms with Crippen LogP contribution in [0.25, 0.3) is 11.1 Å². The SMILES string of the molecule is O=C(CC1CC1(F)F)OCCSc1ccc(-c2ccccc2)cc1. The van der Waals surface area contributed by atoms with Crippen LogP contribution in [-0.4, -0.2) is 24.3 Å². The van der Waals surface area contributed by atoms with E-state index in [1.807, 2.05) is 30.3 Å². The van der Waals surface area contributed by atoms with Gasteiger partial charge in [0.1, 0.15) is 6.61 Å². The van der Waals surface area contributed by atoms with Crippen molar-refractivity contribution in [3.63, 3.8) is 0 Å². The lowest BCUT2D eigenvalue weighted by atomic mass is 10.1. The minimum Gasteiger partial charge on any atom is -0.465 e. The number of carbonyl (C=O) groups is 1. The Hall–Kier alpha value is -1.88. The first-order valence-corrected chi connectivity index (χ1v) is 8.85. The molecule has 1 aliphatic carbocycles. The predicted octanol–water partition coefficient (Wildman–Crippen LogP) is 5.03. The van der Waals surface area contributed by atoms with E-state index in [-0.39, 0.29) is 19.4 Å². The van der Waals surface area contributed by atoms with Gasteiger partial charge in [-0.2, -0.15) is 0 Å². The summed E-state index contributed by atoms with van der Waals surface area (Å²) >= 11 is 1.58. The number of hydrogen-bond acceptors (Lipinski definition) is 3. The van der Waals surface area contributed by atoms with Gasteiger partial charge in [-0.05, 0) is 23.3 Å². The van der Waals surface area contributed by atoms with Crippen molar-refractivity contribution in [2.75, 3.05) is 12.4 Å². The summed E-state index contributed by atoms with van der Waals surface area (Å²) in [5.74, 6) is -3.40. The molecular weight excluding hydrogens is 330 g/mol. The minimum absolute atomic E-state index is 0.177. The van der Waals surface area contributed by atoms with Gasteiger partial charge in [0.2, 0.25) is 0 Å². The summed E-state index contributed by atoms with van der Waals surface area (Å²) in [6, 6.07) is 18.3. The fraction of sp³-hybridized carbons (Fsp3) is 0.316. The third-order valence-electron chi connectivity index (χ3n) is 3.95. The van der Waals surface area contributed by atoms with Gasteiger partial charge in [-0.3, -0.25) is 4.79 Å². The first-order valence-electron chi connectivity index (χ1n) is 7.86. The molecule has 0 bridgehead atoms. The molecule has 1 unspecified atom stereocenters. The number of halogens is 2. The van der Waals surface area contributed by atoms with Gasteiger partial charge in [0.15, 0.2) is 0 Å². The van der Waals surface area contributed by atoms with Gasteiger partial charge >= 0.3 is 5.97 Å². The highest BCUT2D eigenvalue weighted by Gasteiger charge is 2.57. The van der Waals surface area contributed by atoms with Crippen LogP contribution in [0.1, 0.15) is 12.8 Å². The second-order valence-electron chi connectivity index (χ2n) is 5.83. The summed E-state index contributed by atoms with van der Waals surface area (Å²) in [6.07, 6.45) is -0.367. The van der Waals surface area contributed by atoms with E-state index in [4.69, 9.17) is 4.74 Å². The molecular formula is C19H18F2O2S. The Bertz CT molecular complexity index is 686. The number of thioether (sulfide) groups is 1. The van der Waals surface area contributed by atoms with Crippen molar-refractivity contribution >= 4 is 17.7 Å². The van der Waals surface area contributed by atoms with Gasteiger partial charge in [0, 0.05) is 23.0 Å². The third kappa shape index (κ3) is 4.57. The van der Waals surface area contributed by atoms with Crippen LogP contribution in [0.3, 0.4) is 0 Å². The molecule has 1 saturated carbocycles. The Morgan fingerprint density at radius 3 is 2.33 bits per heavy atom. The maximum absolute atomic E-state index is 12.7. The lowest BCUT2D eigenvalue weighted by Gasteiger charge is -2.06. The lowest BCUT2D eigenvalue weighted by molar-refractivity contribution is -0.144. The fourth-order valence-corrected chi connectivity index (χ4v) is 3.17. The Kier molecular flexibility index (Phi) is 5.19. The first kappa shape index (κ1) is 17.0. The number of ether oxygens (including phenoxy) is 1. The zero-order valence-corrected chi connectivity index (χ0v) is 13.9. The van der Waals surface area contributed by atoms with Crippen LogP contribution < -0.4 is 0 Å². The van der Waals surface area contributed by atoms with Crippen molar-refractivity contribution in [1.82, 2.24) is 0 Å². The van der Waals surface area contributed by atoms with Crippen LogP contribution in [0.15, 0.2) is 59.5 Å². The Morgan fingerprint density at radius 1 is 1.08 bits per heavy atom. The van der Waals surface area contributed by atoms with Gasteiger partial charge in [-0.15, -0.1) is 11.8 Å². The van der Waals surface area contributed by atoms with E-state index in [1.165, 1.54) is 5.56 Å². The average Bonchev–Trinajstić information content (AvgIpc) is 3.19. The summed E-state index contributed by atoms with van der Waals surface area (Å²) in [5.41, 5.74) is 2.32. The second kappa shape index (κ2) is 7.34. The fourth-order valence-electron chi connectivity index (χ4n) is 2.44. The van der Waals surface area contributed by atoms with Crippen molar-refractivity contribution in [2.24, 2.45) is 5.92 Å². The Morgan fingerprint density at radius 2 is 1.71 bits per heavy atom. The maximum atomic E-state index is 12.7. The van der Waals surface area contributed by atoms with Crippen molar-refractivity contribution in [3.05, 3.63) is 54.6 Å². The molecule has 0 aromatic heterocycles. The van der Waals surface area contributed by atoms with E-state index < -0.39 is 17.8 Å². The van der Waals surface area contributed by atoms with E-state index in [9.17, 15) is 13.6 Å². The molecule has 1 aliphatic rings. The zero-order chi connectivity index (χ0) is 17.0. The van der Waals surface area contributed by atoms with Crippen LogP contribution in [0.5, 0.6) is 0 Å². The monoisotopic (exact) mass is 348 g/mol. The highest BCUT2D eigenvalue weighted by atomic mass is 32.2. The molecule has 2 aromatic carbocycles. The smallest absolute Gasteiger partial charge is 0.306 e. The van der Waals surface area contributed by atoms with Crippen molar-refractivity contribution < 1.29 is 18.3 Å². The average molecular weight is 348 g/mol. The molecule has 1 fully saturated rings. The molecule has 0 N–H and O–H groups in total. The number of alkyl halides is 2. The topological polar surface area (TPSA) is 26.3 Å². The number of esters is 1. The number of benzene rings is 2. The highest BCUT2D eigenvalue weighted by molar-refractivity contribution is 7.99. The van der Waals surface area contributed by atoms with Gasteiger partial charge < -0.3 is 4.74 Å². The first-order chi connectivity index (χ1) is 11.5. The number of hydrogen-bond donors (Lipinski definition) is 0. The van der Waals surface area contributed by atoms with E-state index in [0.29, 0.717) is 5.75 Å². The Balaban J connectivity index is 1.38. The van der Waals surface area contributed by atoms with Crippen molar-refractivity contribution in [2.45, 2.75) is 23.7 Å². The van der Waals surface area contributed by atoms with Crippen LogP contribution in [0.2, 0.25) is 0 Å². The Labute approximate surface area is 144 Å². The van der Waals surface area contributed by atoms with Crippen LogP contribution in [0.4, 0.5) is 8.78 Å². The summed E-state index contributed by atoms with van der Waals surface area (Å²) in [7, 11) is 0. The normalized spacial score (nSPS) is 18.2. The molecule has 0 heterocycles. The van der Waals surface area contributed by atoms with E-state index in [0.717, 1.165) is 10.5 Å². The molecule has 2 aromatic rings. The van der Waals surface area contributed by atoms with E-state index in [2.05, 4.69) is 24.3 Å². The molecule has 1 atom stereocenters. The summed E-state index contributed by atoms with van der Waals surface area (Å²) < 4.78 is 30.4. The standard InChI is InChI=1S/C19H18F2O2S/c20-19(21)13-16(19)12-18(22)23-10-11-24-17-8-6-15(7-9-17)14-4-2-1-3-5-14/h1-9,16H,10-13H2. The number of carbonyl (C=O) groups excluding carboxylic acids is 1.